The van der Waals surface area contributed by atoms with Crippen molar-refractivity contribution >= 4 is 5.78 Å². The SMILES string of the molecule is CC(=O)c1ccccc1OCCN(CCCO)C1CCC1. The van der Waals surface area contributed by atoms with E-state index in [1.807, 2.05) is 18.2 Å². The number of carbonyl (C=O) groups excluding carboxylic acids is 1. The third kappa shape index (κ3) is 4.55. The van der Waals surface area contributed by atoms with Crippen molar-refractivity contribution in [1.29, 1.82) is 0 Å². The normalized spacial score (nSPS) is 15.0. The molecule has 116 valence electrons. The molecule has 1 N–H and O–H groups in total. The highest BCUT2D eigenvalue weighted by atomic mass is 16.5. The molecule has 4 nitrogen and oxygen atoms in total. The second-order valence-corrected chi connectivity index (χ2v) is 5.60. The Labute approximate surface area is 126 Å². The predicted octanol–water partition coefficient (Wildman–Crippen LogP) is 2.50. The van der Waals surface area contributed by atoms with Gasteiger partial charge in [-0.15, -0.1) is 0 Å². The number of hydrogen-bond donors (Lipinski definition) is 1. The lowest BCUT2D eigenvalue weighted by molar-refractivity contribution is 0.0960. The van der Waals surface area contributed by atoms with Crippen LogP contribution in [0.1, 0.15) is 43.0 Å². The van der Waals surface area contributed by atoms with Crippen LogP contribution in [0.2, 0.25) is 0 Å². The van der Waals surface area contributed by atoms with Gasteiger partial charge in [-0.2, -0.15) is 0 Å². The van der Waals surface area contributed by atoms with Gasteiger partial charge in [0.05, 0.1) is 5.56 Å². The molecule has 0 unspecified atom stereocenters. The summed E-state index contributed by atoms with van der Waals surface area (Å²) in [5.74, 6) is 0.697. The first-order chi connectivity index (χ1) is 10.2. The Morgan fingerprint density at radius 3 is 2.71 bits per heavy atom. The van der Waals surface area contributed by atoms with Gasteiger partial charge < -0.3 is 9.84 Å². The Bertz CT molecular complexity index is 457. The van der Waals surface area contributed by atoms with E-state index in [9.17, 15) is 4.79 Å². The van der Waals surface area contributed by atoms with Crippen LogP contribution in [0.4, 0.5) is 0 Å². The van der Waals surface area contributed by atoms with E-state index >= 15 is 0 Å². The summed E-state index contributed by atoms with van der Waals surface area (Å²) in [5, 5.41) is 8.99. The van der Waals surface area contributed by atoms with Crippen molar-refractivity contribution in [2.75, 3.05) is 26.3 Å². The zero-order chi connectivity index (χ0) is 15.1. The van der Waals surface area contributed by atoms with Crippen molar-refractivity contribution in [3.8, 4) is 5.75 Å². The van der Waals surface area contributed by atoms with Gasteiger partial charge in [-0.1, -0.05) is 18.6 Å². The number of benzene rings is 1. The molecule has 1 aliphatic rings. The van der Waals surface area contributed by atoms with E-state index in [0.29, 0.717) is 24.0 Å². The molecule has 0 atom stereocenters. The number of nitrogens with zero attached hydrogens (tertiary/aromatic N) is 1. The van der Waals surface area contributed by atoms with Gasteiger partial charge in [0.2, 0.25) is 0 Å². The smallest absolute Gasteiger partial charge is 0.163 e. The fourth-order valence-electron chi connectivity index (χ4n) is 2.66. The molecule has 0 aliphatic heterocycles. The van der Waals surface area contributed by atoms with E-state index in [4.69, 9.17) is 9.84 Å². The molecule has 1 saturated carbocycles. The van der Waals surface area contributed by atoms with E-state index in [-0.39, 0.29) is 12.4 Å². The van der Waals surface area contributed by atoms with Gasteiger partial charge in [0.1, 0.15) is 12.4 Å². The summed E-state index contributed by atoms with van der Waals surface area (Å²) in [7, 11) is 0. The number of carbonyl (C=O) groups is 1. The lowest BCUT2D eigenvalue weighted by atomic mass is 9.91. The van der Waals surface area contributed by atoms with Crippen molar-refractivity contribution in [2.45, 2.75) is 38.6 Å². The zero-order valence-electron chi connectivity index (χ0n) is 12.8. The molecule has 0 aromatic heterocycles. The Morgan fingerprint density at radius 1 is 1.33 bits per heavy atom. The molecule has 0 heterocycles. The topological polar surface area (TPSA) is 49.8 Å². The summed E-state index contributed by atoms with van der Waals surface area (Å²) in [5.41, 5.74) is 0.642. The van der Waals surface area contributed by atoms with E-state index in [1.54, 1.807) is 13.0 Å². The maximum atomic E-state index is 11.6. The zero-order valence-corrected chi connectivity index (χ0v) is 12.8. The molecule has 0 spiro atoms. The van der Waals surface area contributed by atoms with Crippen LogP contribution in [0.25, 0.3) is 0 Å². The third-order valence-electron chi connectivity index (χ3n) is 4.10. The maximum Gasteiger partial charge on any atom is 0.163 e. The second kappa shape index (κ2) is 8.15. The number of ketones is 1. The lowest BCUT2D eigenvalue weighted by Gasteiger charge is -2.37. The Hall–Kier alpha value is -1.39. The Kier molecular flexibility index (Phi) is 6.21. The quantitative estimate of drug-likeness (QED) is 0.710. The molecule has 1 aliphatic carbocycles. The van der Waals surface area contributed by atoms with Crippen molar-refractivity contribution in [3.63, 3.8) is 0 Å². The summed E-state index contributed by atoms with van der Waals surface area (Å²) in [6, 6.07) is 8.02. The summed E-state index contributed by atoms with van der Waals surface area (Å²) in [6.07, 6.45) is 4.60. The van der Waals surface area contributed by atoms with Crippen LogP contribution in [-0.4, -0.2) is 48.1 Å². The van der Waals surface area contributed by atoms with Gasteiger partial charge in [-0.25, -0.2) is 0 Å². The van der Waals surface area contributed by atoms with Gasteiger partial charge in [0.25, 0.3) is 0 Å². The molecule has 0 bridgehead atoms. The third-order valence-corrected chi connectivity index (χ3v) is 4.10. The highest BCUT2D eigenvalue weighted by Crippen LogP contribution is 2.25. The van der Waals surface area contributed by atoms with E-state index < -0.39 is 0 Å². The highest BCUT2D eigenvalue weighted by molar-refractivity contribution is 5.96. The van der Waals surface area contributed by atoms with E-state index in [1.165, 1.54) is 19.3 Å². The number of ether oxygens (including phenoxy) is 1. The fraction of sp³-hybridized carbons (Fsp3) is 0.588. The first-order valence-electron chi connectivity index (χ1n) is 7.80. The monoisotopic (exact) mass is 291 g/mol. The number of aliphatic hydroxyl groups is 1. The van der Waals surface area contributed by atoms with Crippen LogP contribution in [0.15, 0.2) is 24.3 Å². The molecule has 1 fully saturated rings. The molecule has 4 heteroatoms. The molecule has 0 amide bonds. The molecule has 2 rings (SSSR count). The van der Waals surface area contributed by atoms with Crippen molar-refractivity contribution in [1.82, 2.24) is 4.90 Å². The summed E-state index contributed by atoms with van der Waals surface area (Å²) in [4.78, 5) is 13.9. The van der Waals surface area contributed by atoms with Gasteiger partial charge in [0, 0.05) is 25.7 Å². The van der Waals surface area contributed by atoms with Crippen LogP contribution < -0.4 is 4.74 Å². The van der Waals surface area contributed by atoms with Gasteiger partial charge in [0.15, 0.2) is 5.78 Å². The minimum Gasteiger partial charge on any atom is -0.491 e. The molecular weight excluding hydrogens is 266 g/mol. The second-order valence-electron chi connectivity index (χ2n) is 5.60. The first-order valence-corrected chi connectivity index (χ1v) is 7.80. The Morgan fingerprint density at radius 2 is 2.10 bits per heavy atom. The van der Waals surface area contributed by atoms with Gasteiger partial charge >= 0.3 is 0 Å². The fourth-order valence-corrected chi connectivity index (χ4v) is 2.66. The highest BCUT2D eigenvalue weighted by Gasteiger charge is 2.24. The molecule has 0 radical (unpaired) electrons. The lowest BCUT2D eigenvalue weighted by Crippen LogP contribution is -2.43. The molecule has 0 saturated heterocycles. The van der Waals surface area contributed by atoms with Gasteiger partial charge in [-0.05, 0) is 38.3 Å². The average Bonchev–Trinajstić information content (AvgIpc) is 2.43. The number of para-hydroxylation sites is 1. The first kappa shape index (κ1) is 16.0. The van der Waals surface area contributed by atoms with E-state index in [2.05, 4.69) is 4.90 Å². The molecule has 21 heavy (non-hydrogen) atoms. The summed E-state index contributed by atoms with van der Waals surface area (Å²) >= 11 is 0. The number of rotatable bonds is 9. The average molecular weight is 291 g/mol. The van der Waals surface area contributed by atoms with Crippen LogP contribution in [0, 0.1) is 0 Å². The number of aliphatic hydroxyl groups excluding tert-OH is 1. The largest absolute Gasteiger partial charge is 0.491 e. The maximum absolute atomic E-state index is 11.6. The summed E-state index contributed by atoms with van der Waals surface area (Å²) < 4.78 is 5.80. The number of Topliss-reactive ketones (excluding diaryl/α,β-unsaturated/α-hetero) is 1. The molecule has 1 aromatic carbocycles. The predicted molar refractivity (Wildman–Crippen MR) is 82.9 cm³/mol. The van der Waals surface area contributed by atoms with Crippen LogP contribution in [0.3, 0.4) is 0 Å². The molecular formula is C17H25NO3. The van der Waals surface area contributed by atoms with Crippen LogP contribution in [-0.2, 0) is 0 Å². The van der Waals surface area contributed by atoms with Gasteiger partial charge in [-0.3, -0.25) is 9.69 Å². The van der Waals surface area contributed by atoms with Crippen LogP contribution >= 0.6 is 0 Å². The minimum absolute atomic E-state index is 0.0294. The molecule has 1 aromatic rings. The van der Waals surface area contributed by atoms with E-state index in [0.717, 1.165) is 19.5 Å². The minimum atomic E-state index is 0.0294. The van der Waals surface area contributed by atoms with Crippen molar-refractivity contribution < 1.29 is 14.6 Å². The standard InChI is InChI=1S/C17H25NO3/c1-14(20)16-8-2-3-9-17(16)21-13-11-18(10-5-12-19)15-6-4-7-15/h2-3,8-9,15,19H,4-7,10-13H2,1H3. The van der Waals surface area contributed by atoms with Crippen molar-refractivity contribution in [2.24, 2.45) is 0 Å². The Balaban J connectivity index is 1.85. The van der Waals surface area contributed by atoms with Crippen LogP contribution in [0.5, 0.6) is 5.75 Å². The number of hydrogen-bond acceptors (Lipinski definition) is 4. The summed E-state index contributed by atoms with van der Waals surface area (Å²) in [6.45, 7) is 4.13. The van der Waals surface area contributed by atoms with Crippen molar-refractivity contribution in [3.05, 3.63) is 29.8 Å².